The third-order valence-electron chi connectivity index (χ3n) is 6.34. The number of esters is 1. The van der Waals surface area contributed by atoms with Crippen LogP contribution in [0.15, 0.2) is 36.4 Å². The number of methoxy groups -OCH3 is 1. The molecule has 5 heteroatoms. The summed E-state index contributed by atoms with van der Waals surface area (Å²) < 4.78 is 10.5. The summed E-state index contributed by atoms with van der Waals surface area (Å²) in [5.41, 5.74) is 3.63. The van der Waals surface area contributed by atoms with Crippen LogP contribution in [0.5, 0.6) is 5.75 Å². The molecule has 2 aromatic carbocycles. The van der Waals surface area contributed by atoms with Gasteiger partial charge in [0.15, 0.2) is 5.78 Å². The second-order valence-electron chi connectivity index (χ2n) is 9.29. The molecule has 0 atom stereocenters. The van der Waals surface area contributed by atoms with Crippen LogP contribution in [0, 0.1) is 12.3 Å². The van der Waals surface area contributed by atoms with E-state index in [4.69, 9.17) is 21.1 Å². The molecule has 0 spiro atoms. The van der Waals surface area contributed by atoms with Gasteiger partial charge in [-0.25, -0.2) is 0 Å². The first kappa shape index (κ1) is 25.9. The molecule has 0 bridgehead atoms. The minimum Gasteiger partial charge on any atom is -0.484 e. The quantitative estimate of drug-likeness (QED) is 0.404. The van der Waals surface area contributed by atoms with E-state index in [9.17, 15) is 9.59 Å². The number of ether oxygens (including phenoxy) is 2. The average molecular weight is 459 g/mol. The Bertz CT molecular complexity index is 968. The number of hydrogen-bond acceptors (Lipinski definition) is 4. The van der Waals surface area contributed by atoms with Crippen molar-refractivity contribution in [1.82, 2.24) is 0 Å². The van der Waals surface area contributed by atoms with Gasteiger partial charge in [-0.05, 0) is 54.2 Å². The van der Waals surface area contributed by atoms with Crippen molar-refractivity contribution < 1.29 is 19.1 Å². The van der Waals surface area contributed by atoms with Crippen LogP contribution in [0.4, 0.5) is 0 Å². The van der Waals surface area contributed by atoms with Crippen LogP contribution < -0.4 is 4.74 Å². The minimum atomic E-state index is -0.454. The fourth-order valence-corrected chi connectivity index (χ4v) is 4.16. The van der Waals surface area contributed by atoms with Crippen molar-refractivity contribution in [2.24, 2.45) is 5.41 Å². The molecule has 0 aromatic heterocycles. The SMILES string of the molecule is CCC(CC)(c1ccc(CC(=O)OC)c(C)c1)c1ccc(OCC(=O)C(C)(C)C)c(Cl)c1. The molecule has 0 aliphatic carbocycles. The Balaban J connectivity index is 2.37. The van der Waals surface area contributed by atoms with Gasteiger partial charge < -0.3 is 9.47 Å². The summed E-state index contributed by atoms with van der Waals surface area (Å²) in [6.07, 6.45) is 2.04. The zero-order valence-corrected chi connectivity index (χ0v) is 21.1. The number of ketones is 1. The third kappa shape index (κ3) is 5.72. The first-order chi connectivity index (χ1) is 15.0. The summed E-state index contributed by atoms with van der Waals surface area (Å²) in [4.78, 5) is 23.9. The molecule has 2 aromatic rings. The Labute approximate surface area is 197 Å². The number of aryl methyl sites for hydroxylation is 1. The van der Waals surface area contributed by atoms with Crippen LogP contribution in [0.25, 0.3) is 0 Å². The van der Waals surface area contributed by atoms with Crippen molar-refractivity contribution in [3.63, 3.8) is 0 Å². The maximum absolute atomic E-state index is 12.2. The molecule has 2 rings (SSSR count). The van der Waals surface area contributed by atoms with Gasteiger partial charge >= 0.3 is 5.97 Å². The van der Waals surface area contributed by atoms with E-state index < -0.39 is 5.41 Å². The van der Waals surface area contributed by atoms with Crippen LogP contribution >= 0.6 is 11.6 Å². The number of benzene rings is 2. The van der Waals surface area contributed by atoms with Crippen molar-refractivity contribution in [1.29, 1.82) is 0 Å². The van der Waals surface area contributed by atoms with Crippen LogP contribution in [0.3, 0.4) is 0 Å². The fraction of sp³-hybridized carbons (Fsp3) is 0.481. The van der Waals surface area contributed by atoms with Crippen molar-refractivity contribution in [3.05, 3.63) is 63.7 Å². The Morgan fingerprint density at radius 1 is 0.969 bits per heavy atom. The summed E-state index contributed by atoms with van der Waals surface area (Å²) in [5, 5.41) is 0.495. The van der Waals surface area contributed by atoms with Crippen molar-refractivity contribution in [3.8, 4) is 5.75 Å². The second kappa shape index (κ2) is 10.5. The molecule has 0 fully saturated rings. The molecular formula is C27H35ClO4. The standard InChI is InChI=1S/C27H35ClO4/c1-8-27(9-2,20-11-10-19(18(3)14-20)15-25(30)31-7)21-12-13-23(22(28)16-21)32-17-24(29)26(4,5)6/h10-14,16H,8-9,15,17H2,1-7H3. The Kier molecular flexibility index (Phi) is 8.53. The smallest absolute Gasteiger partial charge is 0.309 e. The van der Waals surface area contributed by atoms with Gasteiger partial charge in [0, 0.05) is 10.8 Å². The number of halogens is 1. The van der Waals surface area contributed by atoms with Gasteiger partial charge in [-0.15, -0.1) is 0 Å². The van der Waals surface area contributed by atoms with Crippen LogP contribution in [-0.2, 0) is 26.2 Å². The summed E-state index contributed by atoms with van der Waals surface area (Å²) >= 11 is 6.58. The van der Waals surface area contributed by atoms with Crippen LogP contribution in [0.2, 0.25) is 5.02 Å². The summed E-state index contributed by atoms with van der Waals surface area (Å²) in [6.45, 7) is 12.0. The molecule has 0 aliphatic rings. The molecule has 0 N–H and O–H groups in total. The molecule has 0 radical (unpaired) electrons. The van der Waals surface area contributed by atoms with Crippen molar-refractivity contribution in [2.45, 2.75) is 66.2 Å². The topological polar surface area (TPSA) is 52.6 Å². The van der Waals surface area contributed by atoms with E-state index in [-0.39, 0.29) is 30.2 Å². The Morgan fingerprint density at radius 3 is 2.06 bits per heavy atom. The molecule has 0 heterocycles. The largest absolute Gasteiger partial charge is 0.484 e. The van der Waals surface area contributed by atoms with Gasteiger partial charge in [-0.2, -0.15) is 0 Å². The summed E-state index contributed by atoms with van der Waals surface area (Å²) in [6, 6.07) is 12.1. The molecule has 0 saturated carbocycles. The highest BCUT2D eigenvalue weighted by Gasteiger charge is 2.32. The number of Topliss-reactive ketones (excluding diaryl/α,β-unsaturated/α-hetero) is 1. The lowest BCUT2D eigenvalue weighted by Gasteiger charge is -2.34. The van der Waals surface area contributed by atoms with Crippen LogP contribution in [0.1, 0.15) is 69.7 Å². The maximum Gasteiger partial charge on any atom is 0.309 e. The molecule has 32 heavy (non-hydrogen) atoms. The highest BCUT2D eigenvalue weighted by molar-refractivity contribution is 6.32. The van der Waals surface area contributed by atoms with E-state index >= 15 is 0 Å². The van der Waals surface area contributed by atoms with Gasteiger partial charge in [0.05, 0.1) is 18.6 Å². The fourth-order valence-electron chi connectivity index (χ4n) is 3.93. The van der Waals surface area contributed by atoms with E-state index in [0.29, 0.717) is 10.8 Å². The lowest BCUT2D eigenvalue weighted by molar-refractivity contribution is -0.139. The predicted molar refractivity (Wildman–Crippen MR) is 130 cm³/mol. The van der Waals surface area contributed by atoms with Gasteiger partial charge in [0.2, 0.25) is 0 Å². The number of carbonyl (C=O) groups is 2. The predicted octanol–water partition coefficient (Wildman–Crippen LogP) is 6.46. The molecule has 0 aliphatic heterocycles. The van der Waals surface area contributed by atoms with Crippen molar-refractivity contribution >= 4 is 23.4 Å². The zero-order chi connectivity index (χ0) is 24.1. The zero-order valence-electron chi connectivity index (χ0n) is 20.3. The monoisotopic (exact) mass is 458 g/mol. The number of carbonyl (C=O) groups excluding carboxylic acids is 2. The third-order valence-corrected chi connectivity index (χ3v) is 6.64. The van der Waals surface area contributed by atoms with Gasteiger partial charge in [-0.1, -0.05) is 70.5 Å². The summed E-state index contributed by atoms with van der Waals surface area (Å²) in [7, 11) is 1.40. The normalized spacial score (nSPS) is 11.9. The Hall–Kier alpha value is -2.33. The summed E-state index contributed by atoms with van der Waals surface area (Å²) in [5.74, 6) is 0.292. The van der Waals surface area contributed by atoms with E-state index in [1.165, 1.54) is 12.7 Å². The minimum absolute atomic E-state index is 0.00385. The highest BCUT2D eigenvalue weighted by atomic mass is 35.5. The second-order valence-corrected chi connectivity index (χ2v) is 9.70. The van der Waals surface area contributed by atoms with Crippen molar-refractivity contribution in [2.75, 3.05) is 13.7 Å². The van der Waals surface area contributed by atoms with Gasteiger partial charge in [-0.3, -0.25) is 9.59 Å². The highest BCUT2D eigenvalue weighted by Crippen LogP contribution is 2.42. The molecule has 4 nitrogen and oxygen atoms in total. The molecular weight excluding hydrogens is 424 g/mol. The lowest BCUT2D eigenvalue weighted by Crippen LogP contribution is -2.27. The molecule has 0 unspecified atom stereocenters. The van der Waals surface area contributed by atoms with Gasteiger partial charge in [0.1, 0.15) is 12.4 Å². The number of hydrogen-bond donors (Lipinski definition) is 0. The number of rotatable bonds is 9. The van der Waals surface area contributed by atoms with E-state index in [1.54, 1.807) is 0 Å². The van der Waals surface area contributed by atoms with Gasteiger partial charge in [0.25, 0.3) is 0 Å². The van der Waals surface area contributed by atoms with E-state index in [2.05, 4.69) is 26.0 Å². The first-order valence-electron chi connectivity index (χ1n) is 11.1. The first-order valence-corrected chi connectivity index (χ1v) is 11.5. The molecule has 0 amide bonds. The van der Waals surface area contributed by atoms with E-state index in [0.717, 1.165) is 29.5 Å². The molecule has 0 saturated heterocycles. The average Bonchev–Trinajstić information content (AvgIpc) is 2.75. The Morgan fingerprint density at radius 2 is 1.56 bits per heavy atom. The lowest BCUT2D eigenvalue weighted by atomic mass is 9.70. The van der Waals surface area contributed by atoms with E-state index in [1.807, 2.05) is 52.0 Å². The maximum atomic E-state index is 12.2. The molecule has 174 valence electrons. The van der Waals surface area contributed by atoms with Crippen LogP contribution in [-0.4, -0.2) is 25.5 Å².